The fraction of sp³-hybridized carbons (Fsp3) is 0.333. The molecule has 1 unspecified atom stereocenters. The van der Waals surface area contributed by atoms with Gasteiger partial charge < -0.3 is 0 Å². The molecule has 1 aliphatic rings. The SMILES string of the molecule is CC1C(=O)N(C)C(=O)N1Cn1nnc2ccccc21. The molecule has 0 radical (unpaired) electrons. The van der Waals surface area contributed by atoms with Crippen LogP contribution in [-0.2, 0) is 11.5 Å². The lowest BCUT2D eigenvalue weighted by atomic mass is 10.3. The van der Waals surface area contributed by atoms with Gasteiger partial charge in [-0.3, -0.25) is 14.6 Å². The highest BCUT2D eigenvalue weighted by molar-refractivity contribution is 6.03. The van der Waals surface area contributed by atoms with Gasteiger partial charge in [0.2, 0.25) is 0 Å². The van der Waals surface area contributed by atoms with Crippen LogP contribution >= 0.6 is 0 Å². The molecule has 19 heavy (non-hydrogen) atoms. The Kier molecular flexibility index (Phi) is 2.48. The molecule has 0 N–H and O–H groups in total. The largest absolute Gasteiger partial charge is 0.328 e. The molecule has 7 nitrogen and oxygen atoms in total. The highest BCUT2D eigenvalue weighted by Crippen LogP contribution is 2.18. The fourth-order valence-corrected chi connectivity index (χ4v) is 2.22. The molecule has 2 heterocycles. The van der Waals surface area contributed by atoms with Crippen molar-refractivity contribution in [2.24, 2.45) is 0 Å². The number of rotatable bonds is 2. The number of imide groups is 1. The van der Waals surface area contributed by atoms with Gasteiger partial charge in [0.15, 0.2) is 0 Å². The first-order valence-electron chi connectivity index (χ1n) is 5.96. The Morgan fingerprint density at radius 3 is 2.68 bits per heavy atom. The van der Waals surface area contributed by atoms with E-state index in [4.69, 9.17) is 0 Å². The van der Waals surface area contributed by atoms with E-state index < -0.39 is 6.04 Å². The van der Waals surface area contributed by atoms with E-state index in [0.29, 0.717) is 0 Å². The maximum atomic E-state index is 12.0. The van der Waals surface area contributed by atoms with Crippen molar-refractivity contribution >= 4 is 23.0 Å². The number of benzene rings is 1. The van der Waals surface area contributed by atoms with E-state index in [1.807, 2.05) is 24.3 Å². The summed E-state index contributed by atoms with van der Waals surface area (Å²) in [6.07, 6.45) is 0. The number of likely N-dealkylation sites (N-methyl/N-ethyl adjacent to an activating group) is 1. The second-order valence-corrected chi connectivity index (χ2v) is 4.54. The molecular formula is C12H13N5O2. The summed E-state index contributed by atoms with van der Waals surface area (Å²) in [6.45, 7) is 1.93. The van der Waals surface area contributed by atoms with Gasteiger partial charge in [0.05, 0.1) is 5.52 Å². The monoisotopic (exact) mass is 259 g/mol. The van der Waals surface area contributed by atoms with Gasteiger partial charge in [-0.2, -0.15) is 0 Å². The third kappa shape index (κ3) is 1.66. The Bertz CT molecular complexity index is 665. The van der Waals surface area contributed by atoms with Crippen molar-refractivity contribution in [1.29, 1.82) is 0 Å². The molecule has 98 valence electrons. The lowest BCUT2D eigenvalue weighted by Gasteiger charge is -2.18. The molecule has 0 spiro atoms. The van der Waals surface area contributed by atoms with Crippen molar-refractivity contribution in [1.82, 2.24) is 24.8 Å². The first kappa shape index (κ1) is 11.6. The van der Waals surface area contributed by atoms with Gasteiger partial charge in [0.25, 0.3) is 5.91 Å². The molecule has 1 aromatic heterocycles. The normalized spacial score (nSPS) is 19.8. The molecular weight excluding hydrogens is 246 g/mol. The number of carbonyl (C=O) groups is 2. The number of nitrogens with zero attached hydrogens (tertiary/aromatic N) is 5. The molecule has 1 aromatic carbocycles. The van der Waals surface area contributed by atoms with Crippen molar-refractivity contribution in [2.45, 2.75) is 19.6 Å². The van der Waals surface area contributed by atoms with Crippen molar-refractivity contribution < 1.29 is 9.59 Å². The molecule has 0 bridgehead atoms. The first-order valence-corrected chi connectivity index (χ1v) is 5.96. The molecule has 3 rings (SSSR count). The summed E-state index contributed by atoms with van der Waals surface area (Å²) in [5.41, 5.74) is 1.60. The average molecular weight is 259 g/mol. The summed E-state index contributed by atoms with van der Waals surface area (Å²) in [7, 11) is 1.49. The van der Waals surface area contributed by atoms with Gasteiger partial charge >= 0.3 is 6.03 Å². The molecule has 3 amide bonds. The molecule has 1 aliphatic heterocycles. The minimum atomic E-state index is -0.472. The van der Waals surface area contributed by atoms with Crippen LogP contribution in [0.1, 0.15) is 6.92 Å². The van der Waals surface area contributed by atoms with Crippen LogP contribution in [0.3, 0.4) is 0 Å². The Morgan fingerprint density at radius 2 is 2.00 bits per heavy atom. The maximum absolute atomic E-state index is 12.0. The van der Waals surface area contributed by atoms with E-state index in [1.165, 1.54) is 11.9 Å². The van der Waals surface area contributed by atoms with Crippen molar-refractivity contribution in [2.75, 3.05) is 7.05 Å². The number of hydrogen-bond donors (Lipinski definition) is 0. The Hall–Kier alpha value is -2.44. The van der Waals surface area contributed by atoms with Gasteiger partial charge in [-0.1, -0.05) is 17.3 Å². The Labute approximate surface area is 109 Å². The highest BCUT2D eigenvalue weighted by Gasteiger charge is 2.40. The maximum Gasteiger partial charge on any atom is 0.328 e. The molecule has 1 atom stereocenters. The predicted octanol–water partition coefficient (Wildman–Crippen LogP) is 0.671. The smallest absolute Gasteiger partial charge is 0.293 e. The second kappa shape index (κ2) is 4.04. The summed E-state index contributed by atoms with van der Waals surface area (Å²) >= 11 is 0. The number of hydrogen-bond acceptors (Lipinski definition) is 4. The van der Waals surface area contributed by atoms with Crippen LogP contribution in [0.4, 0.5) is 4.79 Å². The van der Waals surface area contributed by atoms with Crippen LogP contribution in [0.5, 0.6) is 0 Å². The number of fused-ring (bicyclic) bond motifs is 1. The number of carbonyl (C=O) groups excluding carboxylic acids is 2. The summed E-state index contributed by atoms with van der Waals surface area (Å²) in [6, 6.07) is 6.71. The molecule has 0 saturated carbocycles. The van der Waals surface area contributed by atoms with E-state index in [0.717, 1.165) is 15.9 Å². The van der Waals surface area contributed by atoms with Crippen LogP contribution in [0.25, 0.3) is 11.0 Å². The summed E-state index contributed by atoms with van der Waals surface area (Å²) in [5.74, 6) is -0.200. The van der Waals surface area contributed by atoms with E-state index in [-0.39, 0.29) is 18.6 Å². The first-order chi connectivity index (χ1) is 9.09. The van der Waals surface area contributed by atoms with E-state index in [2.05, 4.69) is 10.3 Å². The topological polar surface area (TPSA) is 71.3 Å². The quantitative estimate of drug-likeness (QED) is 0.743. The predicted molar refractivity (Wildman–Crippen MR) is 67.0 cm³/mol. The van der Waals surface area contributed by atoms with Crippen LogP contribution in [0.2, 0.25) is 0 Å². The number of aromatic nitrogens is 3. The number of amides is 3. The van der Waals surface area contributed by atoms with Gasteiger partial charge in [-0.25, -0.2) is 9.48 Å². The van der Waals surface area contributed by atoms with Gasteiger partial charge in [-0.05, 0) is 19.1 Å². The third-order valence-corrected chi connectivity index (χ3v) is 3.39. The van der Waals surface area contributed by atoms with Gasteiger partial charge in [0.1, 0.15) is 18.2 Å². The highest BCUT2D eigenvalue weighted by atomic mass is 16.2. The van der Waals surface area contributed by atoms with Crippen molar-refractivity contribution in [3.8, 4) is 0 Å². The minimum absolute atomic E-state index is 0.200. The zero-order valence-corrected chi connectivity index (χ0v) is 10.6. The molecule has 2 aromatic rings. The minimum Gasteiger partial charge on any atom is -0.293 e. The molecule has 1 saturated heterocycles. The van der Waals surface area contributed by atoms with Crippen LogP contribution in [-0.4, -0.2) is 49.8 Å². The lowest BCUT2D eigenvalue weighted by Crippen LogP contribution is -2.35. The Morgan fingerprint density at radius 1 is 1.26 bits per heavy atom. The molecule has 7 heteroatoms. The van der Waals surface area contributed by atoms with Crippen LogP contribution in [0, 0.1) is 0 Å². The molecule has 0 aliphatic carbocycles. The summed E-state index contributed by atoms with van der Waals surface area (Å²) < 4.78 is 1.62. The Balaban J connectivity index is 1.93. The molecule has 1 fully saturated rings. The standard InChI is InChI=1S/C12H13N5O2/c1-8-11(18)15(2)12(19)16(8)7-17-10-6-4-3-5-9(10)13-14-17/h3-6,8H,7H2,1-2H3. The fourth-order valence-electron chi connectivity index (χ4n) is 2.22. The van der Waals surface area contributed by atoms with E-state index >= 15 is 0 Å². The summed E-state index contributed by atoms with van der Waals surface area (Å²) in [5, 5.41) is 8.05. The van der Waals surface area contributed by atoms with Crippen molar-refractivity contribution in [3.63, 3.8) is 0 Å². The number of urea groups is 1. The van der Waals surface area contributed by atoms with Gasteiger partial charge in [0, 0.05) is 7.05 Å². The number of para-hydroxylation sites is 1. The van der Waals surface area contributed by atoms with E-state index in [1.54, 1.807) is 11.6 Å². The zero-order valence-electron chi connectivity index (χ0n) is 10.6. The third-order valence-electron chi connectivity index (χ3n) is 3.39. The zero-order chi connectivity index (χ0) is 13.6. The summed E-state index contributed by atoms with van der Waals surface area (Å²) in [4.78, 5) is 26.3. The van der Waals surface area contributed by atoms with Crippen LogP contribution < -0.4 is 0 Å². The second-order valence-electron chi connectivity index (χ2n) is 4.54. The van der Waals surface area contributed by atoms with Crippen molar-refractivity contribution in [3.05, 3.63) is 24.3 Å². The van der Waals surface area contributed by atoms with E-state index in [9.17, 15) is 9.59 Å². The average Bonchev–Trinajstić information content (AvgIpc) is 2.91. The lowest BCUT2D eigenvalue weighted by molar-refractivity contribution is -0.127. The van der Waals surface area contributed by atoms with Crippen LogP contribution in [0.15, 0.2) is 24.3 Å². The van der Waals surface area contributed by atoms with Gasteiger partial charge in [-0.15, -0.1) is 5.10 Å².